The molecule has 4 aromatic rings. The summed E-state index contributed by atoms with van der Waals surface area (Å²) in [6, 6.07) is 24.5. The van der Waals surface area contributed by atoms with Crippen molar-refractivity contribution in [2.45, 2.75) is 32.7 Å². The maximum absolute atomic E-state index is 14.2. The summed E-state index contributed by atoms with van der Waals surface area (Å²) in [7, 11) is 0. The second kappa shape index (κ2) is 10.4. The van der Waals surface area contributed by atoms with Crippen LogP contribution in [-0.4, -0.2) is 26.7 Å². The minimum absolute atomic E-state index is 0.314. The van der Waals surface area contributed by atoms with Gasteiger partial charge in [0, 0.05) is 17.8 Å². The van der Waals surface area contributed by atoms with E-state index in [1.165, 1.54) is 23.3 Å². The van der Waals surface area contributed by atoms with Crippen molar-refractivity contribution in [2.75, 3.05) is 6.54 Å². The first kappa shape index (κ1) is 23.9. The third-order valence-corrected chi connectivity index (χ3v) is 6.86. The number of nitrogens with one attached hydrogen (secondary N) is 1. The summed E-state index contributed by atoms with van der Waals surface area (Å²) < 4.78 is 20.0. The van der Waals surface area contributed by atoms with E-state index in [1.54, 1.807) is 6.07 Å². The second-order valence-corrected chi connectivity index (χ2v) is 9.18. The van der Waals surface area contributed by atoms with Gasteiger partial charge in [-0.05, 0) is 60.8 Å². The molecule has 1 atom stereocenters. The van der Waals surface area contributed by atoms with Crippen molar-refractivity contribution in [3.63, 3.8) is 0 Å². The molecule has 0 spiro atoms. The lowest BCUT2D eigenvalue weighted by atomic mass is 9.94. The highest BCUT2D eigenvalue weighted by molar-refractivity contribution is 7.80. The number of aromatic nitrogens is 2. The molecule has 1 N–H and O–H groups in total. The highest BCUT2D eigenvalue weighted by atomic mass is 32.1. The molecular weight excluding hydrogens is 471 g/mol. The Hall–Kier alpha value is -3.84. The van der Waals surface area contributed by atoms with Gasteiger partial charge in [-0.1, -0.05) is 78.8 Å². The van der Waals surface area contributed by atoms with Gasteiger partial charge in [-0.25, -0.2) is 4.39 Å². The van der Waals surface area contributed by atoms with Gasteiger partial charge < -0.3 is 14.7 Å². The van der Waals surface area contributed by atoms with E-state index in [9.17, 15) is 4.39 Å². The lowest BCUT2D eigenvalue weighted by Crippen LogP contribution is -2.46. The zero-order chi connectivity index (χ0) is 25.1. The molecule has 0 radical (unpaired) electrons. The minimum Gasteiger partial charge on any atom is -0.351 e. The maximum atomic E-state index is 14.2. The second-order valence-electron chi connectivity index (χ2n) is 8.80. The Kier molecular flexibility index (Phi) is 6.91. The molecule has 1 aromatic heterocycles. The standard InChI is InChI=1S/C29H27FN4OS/c1-3-20-12-14-22(15-13-20)27-32-28(35-33-27)25-19(2)34(17-16-21-8-5-4-6-9-21)29(36)31-26(25)23-10-7-11-24(30)18-23/h4-15,18,26H,3,16-17H2,1-2H3,(H,31,36). The van der Waals surface area contributed by atoms with E-state index in [0.29, 0.717) is 23.4 Å². The Morgan fingerprint density at radius 1 is 1.00 bits per heavy atom. The minimum atomic E-state index is -0.419. The number of benzene rings is 3. The van der Waals surface area contributed by atoms with Crippen molar-refractivity contribution in [1.29, 1.82) is 0 Å². The third-order valence-electron chi connectivity index (χ3n) is 6.52. The molecule has 0 saturated heterocycles. The summed E-state index contributed by atoms with van der Waals surface area (Å²) in [5.74, 6) is 0.580. The zero-order valence-electron chi connectivity index (χ0n) is 20.2. The van der Waals surface area contributed by atoms with E-state index >= 15 is 0 Å². The summed E-state index contributed by atoms with van der Waals surface area (Å²) >= 11 is 5.76. The maximum Gasteiger partial charge on any atom is 0.258 e. The first-order valence-electron chi connectivity index (χ1n) is 12.0. The lowest BCUT2D eigenvalue weighted by molar-refractivity contribution is 0.397. The molecule has 182 valence electrons. The number of allylic oxidation sites excluding steroid dienone is 1. The fraction of sp³-hybridized carbons (Fsp3) is 0.207. The topological polar surface area (TPSA) is 54.2 Å². The fourth-order valence-corrected chi connectivity index (χ4v) is 4.84. The number of nitrogens with zero attached hydrogens (tertiary/aromatic N) is 3. The van der Waals surface area contributed by atoms with Gasteiger partial charge >= 0.3 is 0 Å². The van der Waals surface area contributed by atoms with Crippen LogP contribution >= 0.6 is 12.2 Å². The lowest BCUT2D eigenvalue weighted by Gasteiger charge is -2.37. The molecule has 3 aromatic carbocycles. The molecule has 1 unspecified atom stereocenters. The largest absolute Gasteiger partial charge is 0.351 e. The van der Waals surface area contributed by atoms with E-state index in [-0.39, 0.29) is 5.82 Å². The van der Waals surface area contributed by atoms with Crippen LogP contribution in [0.15, 0.2) is 89.1 Å². The monoisotopic (exact) mass is 498 g/mol. The van der Waals surface area contributed by atoms with Gasteiger partial charge in [-0.15, -0.1) is 0 Å². The summed E-state index contributed by atoms with van der Waals surface area (Å²) in [6.45, 7) is 4.80. The molecule has 0 bridgehead atoms. The summed E-state index contributed by atoms with van der Waals surface area (Å²) in [5.41, 5.74) is 5.76. The Bertz CT molecular complexity index is 1400. The smallest absolute Gasteiger partial charge is 0.258 e. The van der Waals surface area contributed by atoms with Crippen LogP contribution in [0.1, 0.15) is 42.5 Å². The average Bonchev–Trinajstić information content (AvgIpc) is 3.38. The zero-order valence-corrected chi connectivity index (χ0v) is 21.1. The van der Waals surface area contributed by atoms with Crippen LogP contribution in [0.5, 0.6) is 0 Å². The van der Waals surface area contributed by atoms with Crippen LogP contribution in [0.4, 0.5) is 4.39 Å². The van der Waals surface area contributed by atoms with Crippen LogP contribution in [-0.2, 0) is 12.8 Å². The van der Waals surface area contributed by atoms with Gasteiger partial charge in [0.15, 0.2) is 5.11 Å². The molecule has 7 heteroatoms. The molecule has 2 heterocycles. The molecular formula is C29H27FN4OS. The predicted molar refractivity (Wildman–Crippen MR) is 143 cm³/mol. The Morgan fingerprint density at radius 2 is 1.78 bits per heavy atom. The first-order valence-corrected chi connectivity index (χ1v) is 12.5. The normalized spacial score (nSPS) is 15.8. The van der Waals surface area contributed by atoms with E-state index in [0.717, 1.165) is 35.2 Å². The van der Waals surface area contributed by atoms with Crippen LogP contribution in [0.2, 0.25) is 0 Å². The van der Waals surface area contributed by atoms with Gasteiger partial charge in [0.25, 0.3) is 5.89 Å². The Morgan fingerprint density at radius 3 is 2.50 bits per heavy atom. The van der Waals surface area contributed by atoms with Crippen molar-refractivity contribution >= 4 is 22.9 Å². The number of hydrogen-bond acceptors (Lipinski definition) is 4. The fourth-order valence-electron chi connectivity index (χ4n) is 4.49. The van der Waals surface area contributed by atoms with Crippen LogP contribution in [0.3, 0.4) is 0 Å². The summed E-state index contributed by atoms with van der Waals surface area (Å²) in [4.78, 5) is 6.80. The van der Waals surface area contributed by atoms with Crippen molar-refractivity contribution in [1.82, 2.24) is 20.4 Å². The first-order chi connectivity index (χ1) is 17.5. The molecule has 0 saturated carbocycles. The van der Waals surface area contributed by atoms with Gasteiger partial charge in [0.2, 0.25) is 5.82 Å². The molecule has 5 nitrogen and oxygen atoms in total. The molecule has 1 aliphatic heterocycles. The van der Waals surface area contributed by atoms with E-state index in [4.69, 9.17) is 21.7 Å². The van der Waals surface area contributed by atoms with Crippen molar-refractivity contribution in [3.05, 3.63) is 113 Å². The van der Waals surface area contributed by atoms with Gasteiger partial charge in [-0.3, -0.25) is 0 Å². The number of rotatable bonds is 7. The molecule has 0 amide bonds. The predicted octanol–water partition coefficient (Wildman–Crippen LogP) is 6.34. The van der Waals surface area contributed by atoms with Crippen LogP contribution in [0.25, 0.3) is 17.0 Å². The van der Waals surface area contributed by atoms with Crippen molar-refractivity contribution in [2.24, 2.45) is 0 Å². The van der Waals surface area contributed by atoms with Crippen LogP contribution in [0, 0.1) is 5.82 Å². The highest BCUT2D eigenvalue weighted by Crippen LogP contribution is 2.37. The molecule has 36 heavy (non-hydrogen) atoms. The summed E-state index contributed by atoms with van der Waals surface area (Å²) in [5, 5.41) is 8.24. The van der Waals surface area contributed by atoms with E-state index < -0.39 is 6.04 Å². The van der Waals surface area contributed by atoms with Gasteiger partial charge in [-0.2, -0.15) is 4.98 Å². The van der Waals surface area contributed by atoms with Crippen LogP contribution < -0.4 is 5.32 Å². The summed E-state index contributed by atoms with van der Waals surface area (Å²) in [6.07, 6.45) is 1.78. The van der Waals surface area contributed by atoms with Crippen molar-refractivity contribution in [3.8, 4) is 11.4 Å². The Balaban J connectivity index is 1.53. The molecule has 0 aliphatic carbocycles. The van der Waals surface area contributed by atoms with E-state index in [2.05, 4.69) is 41.7 Å². The van der Waals surface area contributed by atoms with E-state index in [1.807, 2.05) is 48.2 Å². The average molecular weight is 499 g/mol. The molecule has 5 rings (SSSR count). The van der Waals surface area contributed by atoms with Gasteiger partial charge in [0.1, 0.15) is 5.82 Å². The number of thiocarbonyl (C=S) groups is 1. The number of hydrogen-bond donors (Lipinski definition) is 1. The highest BCUT2D eigenvalue weighted by Gasteiger charge is 2.34. The van der Waals surface area contributed by atoms with Crippen molar-refractivity contribution < 1.29 is 8.91 Å². The number of halogens is 1. The molecule has 0 fully saturated rings. The SMILES string of the molecule is CCc1ccc(-c2noc(C3=C(C)N(CCc4ccccc4)C(=S)NC3c3cccc(F)c3)n2)cc1. The third kappa shape index (κ3) is 4.93. The molecule has 1 aliphatic rings. The van der Waals surface area contributed by atoms with Gasteiger partial charge in [0.05, 0.1) is 11.6 Å². The number of aryl methyl sites for hydroxylation is 1. The Labute approximate surface area is 215 Å². The quantitative estimate of drug-likeness (QED) is 0.300.